The lowest BCUT2D eigenvalue weighted by Gasteiger charge is -2.28. The molecule has 1 aromatic carbocycles. The highest BCUT2D eigenvalue weighted by Gasteiger charge is 2.22. The second kappa shape index (κ2) is 6.59. The highest BCUT2D eigenvalue weighted by molar-refractivity contribution is 5.47. The second-order valence-electron chi connectivity index (χ2n) is 6.76. The van der Waals surface area contributed by atoms with Gasteiger partial charge in [-0.2, -0.15) is 0 Å². The van der Waals surface area contributed by atoms with E-state index in [1.807, 2.05) is 12.1 Å². The van der Waals surface area contributed by atoms with Crippen molar-refractivity contribution in [3.8, 4) is 23.1 Å². The topological polar surface area (TPSA) is 80.6 Å². The standard InChI is InChI=1S/C20H19N3O4/c24-20-14-5-6-23(11-13-3-4-16-18(10-13)27-9-8-26-16)12-15(14)21-19(22-20)17-2-1-7-25-17/h1-4,7,10H,5-6,8-9,11-12H2,(H,21,22,24). The molecule has 0 atom stereocenters. The summed E-state index contributed by atoms with van der Waals surface area (Å²) in [6, 6.07) is 9.62. The van der Waals surface area contributed by atoms with Gasteiger partial charge >= 0.3 is 0 Å². The Kier molecular flexibility index (Phi) is 3.94. The summed E-state index contributed by atoms with van der Waals surface area (Å²) in [5.74, 6) is 2.64. The molecule has 2 aromatic heterocycles. The number of furan rings is 1. The molecule has 0 saturated heterocycles. The Morgan fingerprint density at radius 2 is 2.04 bits per heavy atom. The summed E-state index contributed by atoms with van der Waals surface area (Å²) in [4.78, 5) is 22.2. The molecule has 4 heterocycles. The van der Waals surface area contributed by atoms with E-state index in [1.165, 1.54) is 0 Å². The first-order chi connectivity index (χ1) is 13.3. The van der Waals surface area contributed by atoms with Crippen LogP contribution < -0.4 is 15.0 Å². The molecule has 2 aliphatic heterocycles. The van der Waals surface area contributed by atoms with Crippen molar-refractivity contribution in [1.82, 2.24) is 14.9 Å². The number of nitrogens with one attached hydrogen (secondary N) is 1. The van der Waals surface area contributed by atoms with E-state index in [9.17, 15) is 4.79 Å². The van der Waals surface area contributed by atoms with Crippen LogP contribution in [0.15, 0.2) is 45.8 Å². The molecule has 27 heavy (non-hydrogen) atoms. The largest absolute Gasteiger partial charge is 0.486 e. The van der Waals surface area contributed by atoms with Crippen molar-refractivity contribution in [2.24, 2.45) is 0 Å². The molecule has 0 saturated carbocycles. The molecule has 0 spiro atoms. The van der Waals surface area contributed by atoms with Crippen LogP contribution in [0.3, 0.4) is 0 Å². The third kappa shape index (κ3) is 3.10. The number of hydrogen-bond donors (Lipinski definition) is 1. The number of nitrogens with zero attached hydrogens (tertiary/aromatic N) is 2. The minimum atomic E-state index is -0.0784. The third-order valence-corrected chi connectivity index (χ3v) is 4.92. The molecule has 7 heteroatoms. The summed E-state index contributed by atoms with van der Waals surface area (Å²) in [6.45, 7) is 3.37. The van der Waals surface area contributed by atoms with Crippen molar-refractivity contribution in [1.29, 1.82) is 0 Å². The van der Waals surface area contributed by atoms with Gasteiger partial charge in [0.25, 0.3) is 5.56 Å². The summed E-state index contributed by atoms with van der Waals surface area (Å²) in [6.07, 6.45) is 2.25. The molecule has 7 nitrogen and oxygen atoms in total. The lowest BCUT2D eigenvalue weighted by Crippen LogP contribution is -2.35. The lowest BCUT2D eigenvalue weighted by atomic mass is 10.1. The number of aromatic amines is 1. The molecule has 5 rings (SSSR count). The van der Waals surface area contributed by atoms with Crippen molar-refractivity contribution in [2.75, 3.05) is 19.8 Å². The first kappa shape index (κ1) is 16.1. The smallest absolute Gasteiger partial charge is 0.254 e. The van der Waals surface area contributed by atoms with Crippen molar-refractivity contribution in [3.63, 3.8) is 0 Å². The van der Waals surface area contributed by atoms with Gasteiger partial charge in [0, 0.05) is 25.2 Å². The maximum Gasteiger partial charge on any atom is 0.254 e. The Morgan fingerprint density at radius 1 is 1.15 bits per heavy atom. The van der Waals surface area contributed by atoms with Gasteiger partial charge < -0.3 is 18.9 Å². The van der Waals surface area contributed by atoms with E-state index in [0.717, 1.165) is 41.4 Å². The van der Waals surface area contributed by atoms with Crippen molar-refractivity contribution in [2.45, 2.75) is 19.5 Å². The fourth-order valence-electron chi connectivity index (χ4n) is 3.60. The van der Waals surface area contributed by atoms with E-state index in [0.29, 0.717) is 37.8 Å². The number of hydrogen-bond acceptors (Lipinski definition) is 6. The van der Waals surface area contributed by atoms with E-state index in [4.69, 9.17) is 13.9 Å². The SMILES string of the molecule is O=c1[nH]c(-c2ccco2)nc2c1CCN(Cc1ccc3c(c1)OCCO3)C2. The van der Waals surface area contributed by atoms with E-state index in [2.05, 4.69) is 20.9 Å². The Labute approximate surface area is 155 Å². The lowest BCUT2D eigenvalue weighted by molar-refractivity contribution is 0.171. The molecule has 1 N–H and O–H groups in total. The molecule has 0 unspecified atom stereocenters. The predicted octanol–water partition coefficient (Wildman–Crippen LogP) is 2.36. The molecule has 0 aliphatic carbocycles. The number of ether oxygens (including phenoxy) is 2. The van der Waals surface area contributed by atoms with Crippen LogP contribution >= 0.6 is 0 Å². The van der Waals surface area contributed by atoms with Crippen molar-refractivity contribution < 1.29 is 13.9 Å². The van der Waals surface area contributed by atoms with Crippen LogP contribution in [-0.2, 0) is 19.5 Å². The van der Waals surface area contributed by atoms with Crippen LogP contribution in [0.5, 0.6) is 11.5 Å². The zero-order valence-corrected chi connectivity index (χ0v) is 14.7. The molecular formula is C20H19N3O4. The minimum Gasteiger partial charge on any atom is -0.486 e. The normalized spacial score (nSPS) is 16.1. The summed E-state index contributed by atoms with van der Waals surface area (Å²) in [5, 5.41) is 0. The van der Waals surface area contributed by atoms with Gasteiger partial charge in [0.1, 0.15) is 13.2 Å². The van der Waals surface area contributed by atoms with Gasteiger partial charge in [0.2, 0.25) is 0 Å². The molecule has 0 amide bonds. The fourth-order valence-corrected chi connectivity index (χ4v) is 3.60. The van der Waals surface area contributed by atoms with Crippen LogP contribution in [0.1, 0.15) is 16.8 Å². The van der Waals surface area contributed by atoms with Crippen LogP contribution in [-0.4, -0.2) is 34.6 Å². The monoisotopic (exact) mass is 365 g/mol. The fraction of sp³-hybridized carbons (Fsp3) is 0.300. The quantitative estimate of drug-likeness (QED) is 0.767. The van der Waals surface area contributed by atoms with Crippen LogP contribution in [0.25, 0.3) is 11.6 Å². The summed E-state index contributed by atoms with van der Waals surface area (Å²) < 4.78 is 16.6. The molecule has 0 radical (unpaired) electrons. The van der Waals surface area contributed by atoms with Gasteiger partial charge in [0.15, 0.2) is 23.1 Å². The Bertz CT molecular complexity index is 1030. The van der Waals surface area contributed by atoms with Gasteiger partial charge in [-0.15, -0.1) is 0 Å². The Balaban J connectivity index is 1.38. The number of fused-ring (bicyclic) bond motifs is 2. The maximum atomic E-state index is 12.4. The van der Waals surface area contributed by atoms with Crippen LogP contribution in [0.4, 0.5) is 0 Å². The third-order valence-electron chi connectivity index (χ3n) is 4.92. The van der Waals surface area contributed by atoms with Crippen molar-refractivity contribution in [3.05, 3.63) is 63.8 Å². The number of rotatable bonds is 3. The van der Waals surface area contributed by atoms with Gasteiger partial charge in [-0.25, -0.2) is 4.98 Å². The van der Waals surface area contributed by atoms with Crippen molar-refractivity contribution >= 4 is 0 Å². The molecule has 0 bridgehead atoms. The first-order valence-electron chi connectivity index (χ1n) is 9.03. The van der Waals surface area contributed by atoms with Gasteiger partial charge in [-0.1, -0.05) is 6.07 Å². The van der Waals surface area contributed by atoms with Gasteiger partial charge in [-0.05, 0) is 36.2 Å². The van der Waals surface area contributed by atoms with E-state index < -0.39 is 0 Å². The van der Waals surface area contributed by atoms with Crippen LogP contribution in [0, 0.1) is 0 Å². The molecule has 138 valence electrons. The zero-order chi connectivity index (χ0) is 18.2. The molecule has 2 aliphatic rings. The molecule has 0 fully saturated rings. The maximum absolute atomic E-state index is 12.4. The molecule has 3 aromatic rings. The Morgan fingerprint density at radius 3 is 2.89 bits per heavy atom. The number of aromatic nitrogens is 2. The zero-order valence-electron chi connectivity index (χ0n) is 14.7. The van der Waals surface area contributed by atoms with Gasteiger partial charge in [0.05, 0.1) is 12.0 Å². The summed E-state index contributed by atoms with van der Waals surface area (Å²) in [7, 11) is 0. The second-order valence-corrected chi connectivity index (χ2v) is 6.76. The minimum absolute atomic E-state index is 0.0784. The van der Waals surface area contributed by atoms with Crippen LogP contribution in [0.2, 0.25) is 0 Å². The highest BCUT2D eigenvalue weighted by atomic mass is 16.6. The highest BCUT2D eigenvalue weighted by Crippen LogP contribution is 2.31. The summed E-state index contributed by atoms with van der Waals surface area (Å²) >= 11 is 0. The average molecular weight is 365 g/mol. The number of H-pyrrole nitrogens is 1. The molecular weight excluding hydrogens is 346 g/mol. The van der Waals surface area contributed by atoms with Gasteiger partial charge in [-0.3, -0.25) is 9.69 Å². The Hall–Kier alpha value is -3.06. The average Bonchev–Trinajstić information content (AvgIpc) is 3.22. The first-order valence-corrected chi connectivity index (χ1v) is 9.03. The van der Waals surface area contributed by atoms with E-state index in [1.54, 1.807) is 18.4 Å². The van der Waals surface area contributed by atoms with E-state index in [-0.39, 0.29) is 5.56 Å². The van der Waals surface area contributed by atoms with E-state index >= 15 is 0 Å². The predicted molar refractivity (Wildman–Crippen MR) is 97.8 cm³/mol. The summed E-state index contributed by atoms with van der Waals surface area (Å²) in [5.41, 5.74) is 2.65. The number of benzene rings is 1.